The van der Waals surface area contributed by atoms with Crippen molar-refractivity contribution in [2.75, 3.05) is 5.75 Å². The number of hydrogen-bond acceptors (Lipinski definition) is 4. The lowest BCUT2D eigenvalue weighted by atomic mass is 10.1. The number of rotatable bonds is 6. The van der Waals surface area contributed by atoms with Gasteiger partial charge in [-0.2, -0.15) is 0 Å². The van der Waals surface area contributed by atoms with Crippen molar-refractivity contribution in [1.29, 1.82) is 0 Å². The van der Waals surface area contributed by atoms with E-state index in [0.29, 0.717) is 12.8 Å². The summed E-state index contributed by atoms with van der Waals surface area (Å²) in [5, 5.41) is 10.6. The second kappa shape index (κ2) is 4.94. The van der Waals surface area contributed by atoms with Gasteiger partial charge in [-0.25, -0.2) is 8.42 Å². The lowest BCUT2D eigenvalue weighted by molar-refractivity contribution is -0.138. The minimum Gasteiger partial charge on any atom is -0.481 e. The van der Waals surface area contributed by atoms with Crippen LogP contribution in [0.1, 0.15) is 24.1 Å². The highest BCUT2D eigenvalue weighted by Crippen LogP contribution is 2.50. The Labute approximate surface area is 118 Å². The van der Waals surface area contributed by atoms with Gasteiger partial charge in [0.25, 0.3) is 0 Å². The lowest BCUT2D eigenvalue weighted by Crippen LogP contribution is -2.21. The largest absolute Gasteiger partial charge is 0.481 e. The van der Waals surface area contributed by atoms with Crippen LogP contribution in [0.15, 0.2) is 15.9 Å². The van der Waals surface area contributed by atoms with Crippen LogP contribution in [-0.4, -0.2) is 25.2 Å². The van der Waals surface area contributed by atoms with Crippen LogP contribution in [0.25, 0.3) is 0 Å². The summed E-state index contributed by atoms with van der Waals surface area (Å²) >= 11 is 4.68. The molecule has 1 aromatic rings. The van der Waals surface area contributed by atoms with E-state index in [1.165, 1.54) is 11.3 Å². The van der Waals surface area contributed by atoms with Crippen molar-refractivity contribution in [3.05, 3.63) is 20.8 Å². The standard InChI is InChI=1S/C11H13BrO4S2/c12-8-3-9(17-5-8)6-18(15,16)7-11(1-2-11)4-10(13)14/h3,5H,1-2,4,6-7H2,(H,13,14). The summed E-state index contributed by atoms with van der Waals surface area (Å²) in [4.78, 5) is 11.5. The van der Waals surface area contributed by atoms with E-state index >= 15 is 0 Å². The maximum absolute atomic E-state index is 12.0. The van der Waals surface area contributed by atoms with Gasteiger partial charge in [0, 0.05) is 14.7 Å². The zero-order chi connectivity index (χ0) is 13.4. The van der Waals surface area contributed by atoms with Crippen LogP contribution in [0.4, 0.5) is 0 Å². The summed E-state index contributed by atoms with van der Waals surface area (Å²) in [7, 11) is -3.24. The second-order valence-corrected chi connectivity index (χ2v) is 8.81. The van der Waals surface area contributed by atoms with Gasteiger partial charge < -0.3 is 5.11 Å². The molecule has 0 spiro atoms. The smallest absolute Gasteiger partial charge is 0.303 e. The minimum absolute atomic E-state index is 0.00460. The Hall–Kier alpha value is -0.400. The summed E-state index contributed by atoms with van der Waals surface area (Å²) in [5.74, 6) is -0.923. The van der Waals surface area contributed by atoms with Crippen molar-refractivity contribution in [2.45, 2.75) is 25.0 Å². The molecule has 1 heterocycles. The molecule has 0 unspecified atom stereocenters. The predicted molar refractivity (Wildman–Crippen MR) is 73.4 cm³/mol. The molecule has 0 radical (unpaired) electrons. The van der Waals surface area contributed by atoms with E-state index in [1.54, 1.807) is 6.07 Å². The molecule has 0 bridgehead atoms. The quantitative estimate of drug-likeness (QED) is 0.854. The molecule has 18 heavy (non-hydrogen) atoms. The first-order chi connectivity index (χ1) is 8.30. The number of carboxylic acids is 1. The van der Waals surface area contributed by atoms with Gasteiger partial charge in [-0.15, -0.1) is 11.3 Å². The number of thiophene rings is 1. The van der Waals surface area contributed by atoms with Gasteiger partial charge >= 0.3 is 5.97 Å². The maximum atomic E-state index is 12.0. The van der Waals surface area contributed by atoms with Gasteiger partial charge in [-0.3, -0.25) is 4.79 Å². The number of aliphatic carboxylic acids is 1. The van der Waals surface area contributed by atoms with Crippen LogP contribution in [0.3, 0.4) is 0 Å². The van der Waals surface area contributed by atoms with E-state index < -0.39 is 21.2 Å². The number of sulfone groups is 1. The van der Waals surface area contributed by atoms with Crippen LogP contribution < -0.4 is 0 Å². The minimum atomic E-state index is -3.24. The molecule has 4 nitrogen and oxygen atoms in total. The predicted octanol–water partition coefficient (Wildman–Crippen LogP) is 2.68. The third-order valence-corrected chi connectivity index (χ3v) is 6.68. The zero-order valence-electron chi connectivity index (χ0n) is 9.56. The van der Waals surface area contributed by atoms with Crippen LogP contribution in [0.2, 0.25) is 0 Å². The molecule has 0 atom stereocenters. The molecular formula is C11H13BrO4S2. The molecule has 1 fully saturated rings. The first kappa shape index (κ1) is 14.0. The molecular weight excluding hydrogens is 340 g/mol. The van der Waals surface area contributed by atoms with E-state index in [9.17, 15) is 13.2 Å². The van der Waals surface area contributed by atoms with Gasteiger partial charge in [0.1, 0.15) is 0 Å². The molecule has 1 N–H and O–H groups in total. The van der Waals surface area contributed by atoms with Gasteiger partial charge in [-0.05, 0) is 40.3 Å². The Balaban J connectivity index is 2.02. The van der Waals surface area contributed by atoms with Crippen molar-refractivity contribution in [3.8, 4) is 0 Å². The summed E-state index contributed by atoms with van der Waals surface area (Å²) < 4.78 is 25.0. The Kier molecular flexibility index (Phi) is 3.85. The molecule has 0 aliphatic heterocycles. The lowest BCUT2D eigenvalue weighted by Gasteiger charge is -2.12. The summed E-state index contributed by atoms with van der Waals surface area (Å²) in [6.07, 6.45) is 1.36. The van der Waals surface area contributed by atoms with E-state index in [0.717, 1.165) is 9.35 Å². The zero-order valence-corrected chi connectivity index (χ0v) is 12.8. The molecule has 1 aromatic heterocycles. The van der Waals surface area contributed by atoms with Crippen LogP contribution in [0, 0.1) is 5.41 Å². The SMILES string of the molecule is O=C(O)CC1(CS(=O)(=O)Cc2cc(Br)cs2)CC1. The van der Waals surface area contributed by atoms with E-state index in [-0.39, 0.29) is 17.9 Å². The Morgan fingerprint density at radius 1 is 1.50 bits per heavy atom. The maximum Gasteiger partial charge on any atom is 0.303 e. The Morgan fingerprint density at radius 3 is 2.61 bits per heavy atom. The fourth-order valence-corrected chi connectivity index (χ4v) is 6.02. The highest BCUT2D eigenvalue weighted by atomic mass is 79.9. The van der Waals surface area contributed by atoms with E-state index in [2.05, 4.69) is 15.9 Å². The fourth-order valence-electron chi connectivity index (χ4n) is 2.03. The highest BCUT2D eigenvalue weighted by molar-refractivity contribution is 9.10. The van der Waals surface area contributed by atoms with Crippen molar-refractivity contribution in [3.63, 3.8) is 0 Å². The van der Waals surface area contributed by atoms with E-state index in [4.69, 9.17) is 5.11 Å². The van der Waals surface area contributed by atoms with Gasteiger partial charge in [0.2, 0.25) is 0 Å². The number of carbonyl (C=O) groups is 1. The fraction of sp³-hybridized carbons (Fsp3) is 0.545. The van der Waals surface area contributed by atoms with Crippen molar-refractivity contribution >= 4 is 43.1 Å². The van der Waals surface area contributed by atoms with Crippen molar-refractivity contribution < 1.29 is 18.3 Å². The van der Waals surface area contributed by atoms with Gasteiger partial charge in [0.15, 0.2) is 9.84 Å². The molecule has 7 heteroatoms. The van der Waals surface area contributed by atoms with E-state index in [1.807, 2.05) is 5.38 Å². The van der Waals surface area contributed by atoms with Crippen molar-refractivity contribution in [2.24, 2.45) is 5.41 Å². The summed E-state index contributed by atoms with van der Waals surface area (Å²) in [5.41, 5.74) is -0.501. The summed E-state index contributed by atoms with van der Waals surface area (Å²) in [6, 6.07) is 1.79. The number of hydrogen-bond donors (Lipinski definition) is 1. The van der Waals surface area contributed by atoms with Gasteiger partial charge in [0.05, 0.1) is 17.9 Å². The number of halogens is 1. The van der Waals surface area contributed by atoms with Crippen molar-refractivity contribution in [1.82, 2.24) is 0 Å². The van der Waals surface area contributed by atoms with Crippen LogP contribution >= 0.6 is 27.3 Å². The molecule has 0 saturated heterocycles. The molecule has 2 rings (SSSR count). The Morgan fingerprint density at radius 2 is 2.17 bits per heavy atom. The second-order valence-electron chi connectivity index (χ2n) is 4.83. The molecule has 1 aliphatic carbocycles. The highest BCUT2D eigenvalue weighted by Gasteiger charge is 2.47. The number of carboxylic acid groups (broad SMARTS) is 1. The molecule has 0 amide bonds. The topological polar surface area (TPSA) is 71.4 Å². The molecule has 100 valence electrons. The van der Waals surface area contributed by atoms with Crippen LogP contribution in [0.5, 0.6) is 0 Å². The third kappa shape index (κ3) is 3.80. The molecule has 1 saturated carbocycles. The average Bonchev–Trinajstić information content (AvgIpc) is 2.78. The van der Waals surface area contributed by atoms with Gasteiger partial charge in [-0.1, -0.05) is 0 Å². The summed E-state index contributed by atoms with van der Waals surface area (Å²) in [6.45, 7) is 0. The first-order valence-electron chi connectivity index (χ1n) is 5.45. The molecule has 0 aromatic carbocycles. The monoisotopic (exact) mass is 352 g/mol. The Bertz CT molecular complexity index is 557. The first-order valence-corrected chi connectivity index (χ1v) is 8.95. The average molecular weight is 353 g/mol. The van der Waals surface area contributed by atoms with Crippen LogP contribution in [-0.2, 0) is 20.4 Å². The third-order valence-electron chi connectivity index (χ3n) is 2.99. The molecule has 1 aliphatic rings. The normalized spacial score (nSPS) is 17.6.